The van der Waals surface area contributed by atoms with Gasteiger partial charge in [-0.05, 0) is 43.7 Å². The van der Waals surface area contributed by atoms with Gasteiger partial charge in [0, 0.05) is 36.7 Å². The van der Waals surface area contributed by atoms with Crippen LogP contribution in [0.15, 0.2) is 42.7 Å². The van der Waals surface area contributed by atoms with Crippen LogP contribution in [0.2, 0.25) is 0 Å². The first-order valence-corrected chi connectivity index (χ1v) is 6.08. The molecule has 0 unspecified atom stereocenters. The summed E-state index contributed by atoms with van der Waals surface area (Å²) in [5.41, 5.74) is 1.79. The Bertz CT molecular complexity index is 488. The summed E-state index contributed by atoms with van der Waals surface area (Å²) in [6.07, 6.45) is 4.76. The monoisotopic (exact) mass is 243 g/mol. The van der Waals surface area contributed by atoms with E-state index in [2.05, 4.69) is 10.4 Å². The van der Waals surface area contributed by atoms with Crippen LogP contribution in [0.4, 0.5) is 5.69 Å². The van der Waals surface area contributed by atoms with Crippen LogP contribution in [0, 0.1) is 0 Å². The second-order valence-corrected chi connectivity index (χ2v) is 4.18. The van der Waals surface area contributed by atoms with Gasteiger partial charge in [0.2, 0.25) is 0 Å². The molecule has 1 aromatic heterocycles. The topological polar surface area (TPSA) is 46.9 Å². The molecule has 0 atom stereocenters. The Hall–Kier alpha value is -2.10. The molecule has 2 rings (SSSR count). The molecule has 0 spiro atoms. The lowest BCUT2D eigenvalue weighted by Crippen LogP contribution is -2.07. The number of aryl methyl sites for hydroxylation is 1. The van der Waals surface area contributed by atoms with Crippen LogP contribution in [0.25, 0.3) is 0 Å². The third kappa shape index (κ3) is 3.45. The number of Topliss-reactive ketones (excluding diaryl/α,β-unsaturated/α-hetero) is 1. The van der Waals surface area contributed by atoms with Gasteiger partial charge in [-0.25, -0.2) is 0 Å². The van der Waals surface area contributed by atoms with Gasteiger partial charge in [-0.3, -0.25) is 9.48 Å². The zero-order chi connectivity index (χ0) is 12.8. The van der Waals surface area contributed by atoms with Gasteiger partial charge < -0.3 is 5.32 Å². The van der Waals surface area contributed by atoms with Crippen molar-refractivity contribution in [3.8, 4) is 0 Å². The third-order valence-electron chi connectivity index (χ3n) is 2.74. The molecule has 4 nitrogen and oxygen atoms in total. The Labute approximate surface area is 107 Å². The van der Waals surface area contributed by atoms with Crippen LogP contribution in [-0.4, -0.2) is 22.1 Å². The number of nitrogens with zero attached hydrogens (tertiary/aromatic N) is 2. The normalized spacial score (nSPS) is 10.3. The van der Waals surface area contributed by atoms with Gasteiger partial charge in [0.25, 0.3) is 0 Å². The van der Waals surface area contributed by atoms with E-state index in [4.69, 9.17) is 0 Å². The number of carbonyl (C=O) groups is 1. The minimum atomic E-state index is 0.0974. The fourth-order valence-corrected chi connectivity index (χ4v) is 1.73. The Morgan fingerprint density at radius 1 is 1.33 bits per heavy atom. The summed E-state index contributed by atoms with van der Waals surface area (Å²) in [5, 5.41) is 7.46. The maximum absolute atomic E-state index is 11.1. The van der Waals surface area contributed by atoms with Gasteiger partial charge in [0.15, 0.2) is 5.78 Å². The summed E-state index contributed by atoms with van der Waals surface area (Å²) in [6.45, 7) is 3.37. The van der Waals surface area contributed by atoms with Crippen molar-refractivity contribution in [2.45, 2.75) is 19.9 Å². The number of nitrogens with one attached hydrogen (secondary N) is 1. The SMILES string of the molecule is CC(=O)c1ccc(NCCCn2cccn2)cc1. The molecule has 0 saturated heterocycles. The summed E-state index contributed by atoms with van der Waals surface area (Å²) in [6, 6.07) is 9.49. The van der Waals surface area contributed by atoms with Crippen molar-refractivity contribution >= 4 is 11.5 Å². The molecule has 94 valence electrons. The quantitative estimate of drug-likeness (QED) is 0.626. The van der Waals surface area contributed by atoms with Crippen LogP contribution >= 0.6 is 0 Å². The van der Waals surface area contributed by atoms with E-state index in [0.717, 1.165) is 30.8 Å². The summed E-state index contributed by atoms with van der Waals surface area (Å²) < 4.78 is 1.92. The van der Waals surface area contributed by atoms with Crippen molar-refractivity contribution in [2.24, 2.45) is 0 Å². The highest BCUT2D eigenvalue weighted by molar-refractivity contribution is 5.94. The number of aromatic nitrogens is 2. The molecular formula is C14H17N3O. The van der Waals surface area contributed by atoms with Crippen LogP contribution in [0.5, 0.6) is 0 Å². The van der Waals surface area contributed by atoms with E-state index in [1.54, 1.807) is 13.1 Å². The fraction of sp³-hybridized carbons (Fsp3) is 0.286. The molecule has 1 N–H and O–H groups in total. The van der Waals surface area contributed by atoms with Gasteiger partial charge >= 0.3 is 0 Å². The van der Waals surface area contributed by atoms with Crippen molar-refractivity contribution in [1.29, 1.82) is 0 Å². The summed E-state index contributed by atoms with van der Waals surface area (Å²) >= 11 is 0. The molecule has 18 heavy (non-hydrogen) atoms. The van der Waals surface area contributed by atoms with Crippen LogP contribution < -0.4 is 5.32 Å². The number of ketones is 1. The first-order valence-electron chi connectivity index (χ1n) is 6.08. The number of hydrogen-bond donors (Lipinski definition) is 1. The fourth-order valence-electron chi connectivity index (χ4n) is 1.73. The van der Waals surface area contributed by atoms with E-state index in [1.165, 1.54) is 0 Å². The predicted molar refractivity (Wildman–Crippen MR) is 71.8 cm³/mol. The highest BCUT2D eigenvalue weighted by atomic mass is 16.1. The maximum atomic E-state index is 11.1. The number of hydrogen-bond acceptors (Lipinski definition) is 3. The number of anilines is 1. The lowest BCUT2D eigenvalue weighted by atomic mass is 10.1. The lowest BCUT2D eigenvalue weighted by molar-refractivity contribution is 0.101. The Morgan fingerprint density at radius 2 is 2.11 bits per heavy atom. The molecular weight excluding hydrogens is 226 g/mol. The van der Waals surface area contributed by atoms with Gasteiger partial charge in [-0.1, -0.05) is 0 Å². The Balaban J connectivity index is 1.75. The molecule has 1 aromatic carbocycles. The van der Waals surface area contributed by atoms with E-state index < -0.39 is 0 Å². The first-order chi connectivity index (χ1) is 8.75. The molecule has 0 aliphatic rings. The second-order valence-electron chi connectivity index (χ2n) is 4.18. The minimum absolute atomic E-state index is 0.0974. The van der Waals surface area contributed by atoms with Gasteiger partial charge in [0.05, 0.1) is 0 Å². The molecule has 4 heteroatoms. The van der Waals surface area contributed by atoms with Crippen molar-refractivity contribution < 1.29 is 4.79 Å². The molecule has 0 fully saturated rings. The van der Waals surface area contributed by atoms with Crippen LogP contribution in [0.1, 0.15) is 23.7 Å². The van der Waals surface area contributed by atoms with Gasteiger partial charge in [0.1, 0.15) is 0 Å². The predicted octanol–water partition coefficient (Wildman–Crippen LogP) is 2.59. The molecule has 1 heterocycles. The van der Waals surface area contributed by atoms with E-state index in [9.17, 15) is 4.79 Å². The van der Waals surface area contributed by atoms with Gasteiger partial charge in [-0.2, -0.15) is 5.10 Å². The van der Waals surface area contributed by atoms with E-state index in [1.807, 2.05) is 41.2 Å². The summed E-state index contributed by atoms with van der Waals surface area (Å²) in [4.78, 5) is 11.1. The zero-order valence-corrected chi connectivity index (χ0v) is 10.5. The Morgan fingerprint density at radius 3 is 2.72 bits per heavy atom. The molecule has 2 aromatic rings. The number of benzene rings is 1. The largest absolute Gasteiger partial charge is 0.385 e. The maximum Gasteiger partial charge on any atom is 0.159 e. The van der Waals surface area contributed by atoms with Gasteiger partial charge in [-0.15, -0.1) is 0 Å². The minimum Gasteiger partial charge on any atom is -0.385 e. The average molecular weight is 243 g/mol. The second kappa shape index (κ2) is 6.00. The van der Waals surface area contributed by atoms with Crippen LogP contribution in [0.3, 0.4) is 0 Å². The molecule has 0 saturated carbocycles. The number of rotatable bonds is 6. The van der Waals surface area contributed by atoms with Crippen molar-refractivity contribution in [1.82, 2.24) is 9.78 Å². The van der Waals surface area contributed by atoms with Crippen molar-refractivity contribution in [3.05, 3.63) is 48.3 Å². The third-order valence-corrected chi connectivity index (χ3v) is 2.74. The van der Waals surface area contributed by atoms with E-state index in [-0.39, 0.29) is 5.78 Å². The van der Waals surface area contributed by atoms with E-state index in [0.29, 0.717) is 0 Å². The lowest BCUT2D eigenvalue weighted by Gasteiger charge is -2.07. The molecule has 0 radical (unpaired) electrons. The van der Waals surface area contributed by atoms with E-state index >= 15 is 0 Å². The number of carbonyl (C=O) groups excluding carboxylic acids is 1. The molecule has 0 aliphatic heterocycles. The smallest absolute Gasteiger partial charge is 0.159 e. The molecule has 0 bridgehead atoms. The summed E-state index contributed by atoms with van der Waals surface area (Å²) in [5.74, 6) is 0.0974. The standard InChI is InChI=1S/C14H17N3O/c1-12(18)13-4-6-14(7-5-13)15-8-2-10-17-11-3-9-16-17/h3-7,9,11,15H,2,8,10H2,1H3. The average Bonchev–Trinajstić information content (AvgIpc) is 2.88. The van der Waals surface area contributed by atoms with Crippen molar-refractivity contribution in [3.63, 3.8) is 0 Å². The summed E-state index contributed by atoms with van der Waals surface area (Å²) in [7, 11) is 0. The van der Waals surface area contributed by atoms with Crippen molar-refractivity contribution in [2.75, 3.05) is 11.9 Å². The first kappa shape index (κ1) is 12.4. The zero-order valence-electron chi connectivity index (χ0n) is 10.5. The molecule has 0 amide bonds. The van der Waals surface area contributed by atoms with Crippen LogP contribution in [-0.2, 0) is 6.54 Å². The highest BCUT2D eigenvalue weighted by Gasteiger charge is 1.98. The Kier molecular flexibility index (Phi) is 4.12. The highest BCUT2D eigenvalue weighted by Crippen LogP contribution is 2.09. The molecule has 0 aliphatic carbocycles.